The molecule has 2 heterocycles. The van der Waals surface area contributed by atoms with Crippen LogP contribution in [0, 0.1) is 0 Å². The van der Waals surface area contributed by atoms with E-state index < -0.39 is 0 Å². The Morgan fingerprint density at radius 1 is 1.55 bits per heavy atom. The molecule has 1 aliphatic heterocycles. The van der Waals surface area contributed by atoms with Gasteiger partial charge in [-0.25, -0.2) is 4.98 Å². The van der Waals surface area contributed by atoms with E-state index in [9.17, 15) is 4.79 Å². The maximum Gasteiger partial charge on any atom is 0.271 e. The van der Waals surface area contributed by atoms with Crippen molar-refractivity contribution in [3.63, 3.8) is 0 Å². The van der Waals surface area contributed by atoms with Gasteiger partial charge in [0.1, 0.15) is 5.69 Å². The summed E-state index contributed by atoms with van der Waals surface area (Å²) >= 11 is 7.33. The molecule has 1 aliphatic rings. The highest BCUT2D eigenvalue weighted by Crippen LogP contribution is 2.30. The Bertz CT molecular complexity index is 499. The molecule has 1 atom stereocenters. The molecule has 0 bridgehead atoms. The minimum absolute atomic E-state index is 0.125. The van der Waals surface area contributed by atoms with E-state index in [-0.39, 0.29) is 23.5 Å². The Morgan fingerprint density at radius 3 is 2.85 bits per heavy atom. The largest absolute Gasteiger partial charge is 0.375 e. The number of carbonyl (C=O) groups is 1. The van der Waals surface area contributed by atoms with E-state index in [0.717, 1.165) is 17.7 Å². The third kappa shape index (κ3) is 3.71. The van der Waals surface area contributed by atoms with Crippen molar-refractivity contribution in [2.75, 3.05) is 6.61 Å². The summed E-state index contributed by atoms with van der Waals surface area (Å²) in [7, 11) is 0. The highest BCUT2D eigenvalue weighted by atomic mass is 35.5. The molecule has 1 N–H and O–H groups in total. The Morgan fingerprint density at radius 2 is 2.25 bits per heavy atom. The summed E-state index contributed by atoms with van der Waals surface area (Å²) in [5, 5.41) is 3.07. The molecule has 112 valence electrons. The van der Waals surface area contributed by atoms with Gasteiger partial charge in [0, 0.05) is 17.5 Å². The number of nitrogens with one attached hydrogen (secondary N) is 1. The molecule has 0 unspecified atom stereocenters. The highest BCUT2D eigenvalue weighted by Gasteiger charge is 2.31. The van der Waals surface area contributed by atoms with Crippen LogP contribution < -0.4 is 5.32 Å². The first-order valence-corrected chi connectivity index (χ1v) is 8.09. The maximum atomic E-state index is 12.4. The first-order chi connectivity index (χ1) is 9.28. The van der Waals surface area contributed by atoms with Crippen molar-refractivity contribution < 1.29 is 9.53 Å². The van der Waals surface area contributed by atoms with E-state index in [1.807, 2.05) is 27.7 Å². The zero-order valence-corrected chi connectivity index (χ0v) is 13.9. The third-order valence-corrected chi connectivity index (χ3v) is 4.86. The number of aromatic nitrogens is 1. The summed E-state index contributed by atoms with van der Waals surface area (Å²) < 4.78 is 6.09. The summed E-state index contributed by atoms with van der Waals surface area (Å²) in [5.41, 5.74) is 0.288. The zero-order valence-electron chi connectivity index (χ0n) is 12.3. The molecule has 1 saturated heterocycles. The fourth-order valence-corrected chi connectivity index (χ4v) is 3.59. The minimum atomic E-state index is -0.184. The summed E-state index contributed by atoms with van der Waals surface area (Å²) in [6.07, 6.45) is 1.65. The average molecular weight is 317 g/mol. The molecule has 20 heavy (non-hydrogen) atoms. The SMILES string of the molecule is CC(C)c1sc(Cl)nc1C(=O)N[C@@H]1CCOC(C)(C)C1. The van der Waals surface area contributed by atoms with Crippen LogP contribution in [0.4, 0.5) is 0 Å². The first kappa shape index (κ1) is 15.7. The number of ether oxygens (including phenoxy) is 1. The minimum Gasteiger partial charge on any atom is -0.375 e. The van der Waals surface area contributed by atoms with Crippen LogP contribution in [-0.4, -0.2) is 29.1 Å². The molecular weight excluding hydrogens is 296 g/mol. The maximum absolute atomic E-state index is 12.4. The van der Waals surface area contributed by atoms with Gasteiger partial charge < -0.3 is 10.1 Å². The van der Waals surface area contributed by atoms with Gasteiger partial charge in [0.15, 0.2) is 4.47 Å². The van der Waals surface area contributed by atoms with Crippen LogP contribution in [0.25, 0.3) is 0 Å². The van der Waals surface area contributed by atoms with Crippen LogP contribution in [0.1, 0.15) is 61.8 Å². The molecule has 6 heteroatoms. The monoisotopic (exact) mass is 316 g/mol. The molecule has 0 radical (unpaired) electrons. The third-order valence-electron chi connectivity index (χ3n) is 3.40. The van der Waals surface area contributed by atoms with Crippen LogP contribution in [0.3, 0.4) is 0 Å². The highest BCUT2D eigenvalue weighted by molar-refractivity contribution is 7.16. The summed E-state index contributed by atoms with van der Waals surface area (Å²) in [4.78, 5) is 17.5. The first-order valence-electron chi connectivity index (χ1n) is 6.89. The van der Waals surface area contributed by atoms with Crippen molar-refractivity contribution in [3.8, 4) is 0 Å². The fourth-order valence-electron chi connectivity index (χ4n) is 2.47. The van der Waals surface area contributed by atoms with Crippen LogP contribution in [-0.2, 0) is 4.74 Å². The Labute approximate surface area is 128 Å². The van der Waals surface area contributed by atoms with Gasteiger partial charge in [0.05, 0.1) is 5.60 Å². The number of halogens is 1. The van der Waals surface area contributed by atoms with E-state index in [1.54, 1.807) is 0 Å². The van der Waals surface area contributed by atoms with Gasteiger partial charge in [-0.3, -0.25) is 4.79 Å². The van der Waals surface area contributed by atoms with Gasteiger partial charge >= 0.3 is 0 Å². The van der Waals surface area contributed by atoms with E-state index in [0.29, 0.717) is 16.8 Å². The predicted molar refractivity (Wildman–Crippen MR) is 81.7 cm³/mol. The summed E-state index contributed by atoms with van der Waals surface area (Å²) in [6, 6.07) is 0.131. The molecule has 1 amide bonds. The topological polar surface area (TPSA) is 51.2 Å². The predicted octanol–water partition coefficient (Wildman–Crippen LogP) is 3.61. The van der Waals surface area contributed by atoms with E-state index in [2.05, 4.69) is 10.3 Å². The molecule has 4 nitrogen and oxygen atoms in total. The summed E-state index contributed by atoms with van der Waals surface area (Å²) in [6.45, 7) is 8.85. The van der Waals surface area contributed by atoms with E-state index in [4.69, 9.17) is 16.3 Å². The normalized spacial score (nSPS) is 22.0. The molecule has 0 saturated carbocycles. The smallest absolute Gasteiger partial charge is 0.271 e. The van der Waals surface area contributed by atoms with Crippen molar-refractivity contribution in [3.05, 3.63) is 15.0 Å². The second kappa shape index (κ2) is 6.00. The molecule has 0 aromatic carbocycles. The number of amides is 1. The second-order valence-electron chi connectivity index (χ2n) is 6.11. The van der Waals surface area contributed by atoms with Gasteiger partial charge in [-0.05, 0) is 32.6 Å². The molecular formula is C14H21ClN2O2S. The fraction of sp³-hybridized carbons (Fsp3) is 0.714. The van der Waals surface area contributed by atoms with Crippen molar-refractivity contribution in [2.24, 2.45) is 0 Å². The van der Waals surface area contributed by atoms with E-state index in [1.165, 1.54) is 11.3 Å². The van der Waals surface area contributed by atoms with Crippen LogP contribution in [0.5, 0.6) is 0 Å². The zero-order chi connectivity index (χ0) is 14.9. The number of rotatable bonds is 3. The lowest BCUT2D eigenvalue weighted by Crippen LogP contribution is -2.46. The number of hydrogen-bond donors (Lipinski definition) is 1. The number of thiazole rings is 1. The average Bonchev–Trinajstić information content (AvgIpc) is 2.70. The molecule has 1 aromatic heterocycles. The van der Waals surface area contributed by atoms with Crippen molar-refractivity contribution in [1.82, 2.24) is 10.3 Å². The quantitative estimate of drug-likeness (QED) is 0.926. The summed E-state index contributed by atoms with van der Waals surface area (Å²) in [5.74, 6) is 0.117. The van der Waals surface area contributed by atoms with Gasteiger partial charge in [-0.15, -0.1) is 11.3 Å². The van der Waals surface area contributed by atoms with Crippen LogP contribution in [0.15, 0.2) is 0 Å². The van der Waals surface area contributed by atoms with Crippen LogP contribution in [0.2, 0.25) is 4.47 Å². The van der Waals surface area contributed by atoms with Crippen molar-refractivity contribution >= 4 is 28.8 Å². The van der Waals surface area contributed by atoms with Gasteiger partial charge in [-0.2, -0.15) is 0 Å². The molecule has 1 fully saturated rings. The lowest BCUT2D eigenvalue weighted by atomic mass is 9.94. The van der Waals surface area contributed by atoms with E-state index >= 15 is 0 Å². The second-order valence-corrected chi connectivity index (χ2v) is 7.72. The molecule has 2 rings (SSSR count). The standard InChI is InChI=1S/C14H21ClN2O2S/c1-8(2)11-10(17-13(15)20-11)12(18)16-9-5-6-19-14(3,4)7-9/h8-9H,5-7H2,1-4H3,(H,16,18)/t9-/m1/s1. The molecule has 1 aromatic rings. The molecule has 0 aliphatic carbocycles. The Hall–Kier alpha value is -0.650. The van der Waals surface area contributed by atoms with Gasteiger partial charge in [-0.1, -0.05) is 25.4 Å². The molecule has 0 spiro atoms. The van der Waals surface area contributed by atoms with Crippen molar-refractivity contribution in [2.45, 2.75) is 58.1 Å². The number of hydrogen-bond acceptors (Lipinski definition) is 4. The number of nitrogens with zero attached hydrogens (tertiary/aromatic N) is 1. The number of carbonyl (C=O) groups excluding carboxylic acids is 1. The van der Waals surface area contributed by atoms with Crippen LogP contribution >= 0.6 is 22.9 Å². The Kier molecular flexibility index (Phi) is 4.72. The lowest BCUT2D eigenvalue weighted by Gasteiger charge is -2.35. The van der Waals surface area contributed by atoms with Gasteiger partial charge in [0.25, 0.3) is 5.91 Å². The Balaban J connectivity index is 2.09. The van der Waals surface area contributed by atoms with Crippen molar-refractivity contribution in [1.29, 1.82) is 0 Å². The van der Waals surface area contributed by atoms with Gasteiger partial charge in [0.2, 0.25) is 0 Å². The lowest BCUT2D eigenvalue weighted by molar-refractivity contribution is -0.0615.